The van der Waals surface area contributed by atoms with Crippen LogP contribution in [0.5, 0.6) is 5.75 Å². The zero-order chi connectivity index (χ0) is 21.3. The van der Waals surface area contributed by atoms with E-state index in [1.807, 2.05) is 69.3 Å². The fourth-order valence-electron chi connectivity index (χ4n) is 2.81. The minimum absolute atomic E-state index is 0.0937. The molecule has 0 saturated carbocycles. The molecule has 0 aliphatic heterocycles. The third kappa shape index (κ3) is 6.91. The van der Waals surface area contributed by atoms with Crippen molar-refractivity contribution >= 4 is 12.4 Å². The molecule has 0 aromatic heterocycles. The number of nitrogens with zero attached hydrogens (tertiary/aromatic N) is 1. The number of ether oxygens (including phenoxy) is 3. The monoisotopic (exact) mass is 399 g/mol. The van der Waals surface area contributed by atoms with Crippen LogP contribution in [0, 0.1) is 0 Å². The average Bonchev–Trinajstić information content (AvgIpc) is 2.69. The summed E-state index contributed by atoms with van der Waals surface area (Å²) >= 11 is 0. The number of benzene rings is 2. The van der Waals surface area contributed by atoms with Gasteiger partial charge in [0.1, 0.15) is 18.6 Å². The third-order valence-corrected chi connectivity index (χ3v) is 4.34. The van der Waals surface area contributed by atoms with Gasteiger partial charge >= 0.3 is 6.09 Å². The van der Waals surface area contributed by atoms with Crippen molar-refractivity contribution in [2.24, 2.45) is 0 Å². The first-order valence-corrected chi connectivity index (χ1v) is 9.50. The van der Waals surface area contributed by atoms with Gasteiger partial charge in [-0.3, -0.25) is 4.90 Å². The lowest BCUT2D eigenvalue weighted by atomic mass is 10.0. The molecule has 0 fully saturated rings. The highest BCUT2D eigenvalue weighted by Gasteiger charge is 2.28. The van der Waals surface area contributed by atoms with Gasteiger partial charge in [-0.15, -0.1) is 0 Å². The Morgan fingerprint density at radius 3 is 2.48 bits per heavy atom. The molecular formula is C23H29NO5. The van der Waals surface area contributed by atoms with Crippen LogP contribution in [0.25, 0.3) is 0 Å². The van der Waals surface area contributed by atoms with Crippen molar-refractivity contribution in [3.05, 3.63) is 65.2 Å². The standard InChI is InChI=1S/C23H29NO5/c1-23(2,3)24(15-19-9-7-8-18(14-19)12-13-25)22(26)28-16-20-10-5-6-11-21(20)29-17-27-4/h5-11,13-14H,12,15-17H2,1-4H3. The van der Waals surface area contributed by atoms with E-state index in [-0.39, 0.29) is 13.4 Å². The molecule has 0 heterocycles. The van der Waals surface area contributed by atoms with Crippen LogP contribution >= 0.6 is 0 Å². The van der Waals surface area contributed by atoms with Crippen molar-refractivity contribution in [2.45, 2.75) is 45.9 Å². The van der Waals surface area contributed by atoms with Crippen LogP contribution in [-0.4, -0.2) is 36.7 Å². The summed E-state index contributed by atoms with van der Waals surface area (Å²) in [5.74, 6) is 0.617. The molecule has 0 atom stereocenters. The van der Waals surface area contributed by atoms with Gasteiger partial charge in [0.05, 0.1) is 0 Å². The number of hydrogen-bond acceptors (Lipinski definition) is 5. The first-order chi connectivity index (χ1) is 13.8. The number of carbonyl (C=O) groups excluding carboxylic acids is 2. The van der Waals surface area contributed by atoms with Gasteiger partial charge in [0, 0.05) is 31.2 Å². The van der Waals surface area contributed by atoms with Crippen molar-refractivity contribution in [3.8, 4) is 5.75 Å². The summed E-state index contributed by atoms with van der Waals surface area (Å²) in [7, 11) is 1.55. The maximum absolute atomic E-state index is 12.9. The Morgan fingerprint density at radius 1 is 1.07 bits per heavy atom. The maximum Gasteiger partial charge on any atom is 0.410 e. The highest BCUT2D eigenvalue weighted by molar-refractivity contribution is 5.68. The highest BCUT2D eigenvalue weighted by Crippen LogP contribution is 2.22. The second-order valence-corrected chi connectivity index (χ2v) is 7.66. The van der Waals surface area contributed by atoms with Crippen LogP contribution < -0.4 is 4.74 Å². The Labute approximate surface area is 172 Å². The molecule has 29 heavy (non-hydrogen) atoms. The molecule has 0 N–H and O–H groups in total. The molecule has 6 heteroatoms. The molecular weight excluding hydrogens is 370 g/mol. The van der Waals surface area contributed by atoms with Gasteiger partial charge in [0.25, 0.3) is 0 Å². The van der Waals surface area contributed by atoms with Gasteiger partial charge < -0.3 is 19.0 Å². The predicted molar refractivity (Wildman–Crippen MR) is 111 cm³/mol. The first-order valence-electron chi connectivity index (χ1n) is 9.50. The molecule has 0 aliphatic carbocycles. The molecule has 2 aromatic carbocycles. The summed E-state index contributed by atoms with van der Waals surface area (Å²) in [4.78, 5) is 25.3. The molecule has 0 saturated heterocycles. The Morgan fingerprint density at radius 2 is 1.79 bits per heavy atom. The van der Waals surface area contributed by atoms with Crippen molar-refractivity contribution in [3.63, 3.8) is 0 Å². The lowest BCUT2D eigenvalue weighted by Gasteiger charge is -2.35. The summed E-state index contributed by atoms with van der Waals surface area (Å²) in [5, 5.41) is 0. The fraction of sp³-hybridized carbons (Fsp3) is 0.391. The van der Waals surface area contributed by atoms with E-state index in [1.165, 1.54) is 0 Å². The smallest absolute Gasteiger partial charge is 0.410 e. The normalized spacial score (nSPS) is 11.0. The van der Waals surface area contributed by atoms with E-state index in [1.54, 1.807) is 12.0 Å². The fourth-order valence-corrected chi connectivity index (χ4v) is 2.81. The average molecular weight is 399 g/mol. The second-order valence-electron chi connectivity index (χ2n) is 7.66. The van der Waals surface area contributed by atoms with Crippen LogP contribution in [0.1, 0.15) is 37.5 Å². The Balaban J connectivity index is 2.10. The van der Waals surface area contributed by atoms with E-state index < -0.39 is 11.6 Å². The van der Waals surface area contributed by atoms with Crippen molar-refractivity contribution < 1.29 is 23.8 Å². The van der Waals surface area contributed by atoms with Crippen LogP contribution in [0.4, 0.5) is 4.79 Å². The number of rotatable bonds is 9. The number of aldehydes is 1. The van der Waals surface area contributed by atoms with Gasteiger partial charge in [-0.25, -0.2) is 4.79 Å². The van der Waals surface area contributed by atoms with E-state index in [4.69, 9.17) is 14.2 Å². The molecule has 0 bridgehead atoms. The van der Waals surface area contributed by atoms with Crippen LogP contribution in [0.2, 0.25) is 0 Å². The van der Waals surface area contributed by atoms with Gasteiger partial charge in [-0.05, 0) is 38.0 Å². The van der Waals surface area contributed by atoms with Crippen LogP contribution in [-0.2, 0) is 33.8 Å². The molecule has 2 rings (SSSR count). The van der Waals surface area contributed by atoms with Gasteiger partial charge in [0.2, 0.25) is 0 Å². The maximum atomic E-state index is 12.9. The molecule has 0 aliphatic rings. The number of hydrogen-bond donors (Lipinski definition) is 0. The quantitative estimate of drug-likeness (QED) is 0.463. The van der Waals surface area contributed by atoms with Gasteiger partial charge in [-0.1, -0.05) is 42.5 Å². The lowest BCUT2D eigenvalue weighted by Crippen LogP contribution is -2.45. The van der Waals surface area contributed by atoms with Crippen molar-refractivity contribution in [2.75, 3.05) is 13.9 Å². The summed E-state index contributed by atoms with van der Waals surface area (Å²) in [5.41, 5.74) is 2.19. The Kier molecular flexibility index (Phi) is 8.21. The largest absolute Gasteiger partial charge is 0.467 e. The molecule has 0 radical (unpaired) electrons. The zero-order valence-electron chi connectivity index (χ0n) is 17.5. The highest BCUT2D eigenvalue weighted by atomic mass is 16.7. The Bertz CT molecular complexity index is 813. The van der Waals surface area contributed by atoms with E-state index in [2.05, 4.69) is 0 Å². The van der Waals surface area contributed by atoms with E-state index in [0.717, 1.165) is 23.0 Å². The van der Waals surface area contributed by atoms with E-state index >= 15 is 0 Å². The molecule has 1 amide bonds. The van der Waals surface area contributed by atoms with Gasteiger partial charge in [-0.2, -0.15) is 0 Å². The molecule has 0 spiro atoms. The minimum Gasteiger partial charge on any atom is -0.467 e. The molecule has 0 unspecified atom stereocenters. The van der Waals surface area contributed by atoms with Gasteiger partial charge in [0.15, 0.2) is 6.79 Å². The summed E-state index contributed by atoms with van der Waals surface area (Å²) in [6.07, 6.45) is 0.809. The number of carbonyl (C=O) groups is 2. The second kappa shape index (κ2) is 10.6. The summed E-state index contributed by atoms with van der Waals surface area (Å²) in [6, 6.07) is 15.0. The van der Waals surface area contributed by atoms with Crippen molar-refractivity contribution in [1.29, 1.82) is 0 Å². The number of para-hydroxylation sites is 1. The zero-order valence-corrected chi connectivity index (χ0v) is 17.5. The predicted octanol–water partition coefficient (Wildman–Crippen LogP) is 4.35. The van der Waals surface area contributed by atoms with Crippen molar-refractivity contribution in [1.82, 2.24) is 4.90 Å². The minimum atomic E-state index is -0.441. The number of amides is 1. The first kappa shape index (κ1) is 22.4. The number of methoxy groups -OCH3 is 1. The third-order valence-electron chi connectivity index (χ3n) is 4.34. The topological polar surface area (TPSA) is 65.1 Å². The molecule has 2 aromatic rings. The van der Waals surface area contributed by atoms with E-state index in [0.29, 0.717) is 18.7 Å². The molecule has 6 nitrogen and oxygen atoms in total. The Hall–Kier alpha value is -2.86. The van der Waals surface area contributed by atoms with Crippen LogP contribution in [0.15, 0.2) is 48.5 Å². The SMILES string of the molecule is COCOc1ccccc1COC(=O)N(Cc1cccc(CC=O)c1)C(C)(C)C. The summed E-state index contributed by atoms with van der Waals surface area (Å²) in [6.45, 7) is 6.47. The van der Waals surface area contributed by atoms with E-state index in [9.17, 15) is 9.59 Å². The van der Waals surface area contributed by atoms with Crippen LogP contribution in [0.3, 0.4) is 0 Å². The lowest BCUT2D eigenvalue weighted by molar-refractivity contribution is -0.107. The molecule has 156 valence electrons. The summed E-state index contributed by atoms with van der Waals surface area (Å²) < 4.78 is 16.1.